The van der Waals surface area contributed by atoms with Crippen LogP contribution in [0.15, 0.2) is 23.4 Å². The number of hydrogen-bond acceptors (Lipinski definition) is 4. The molecule has 0 spiro atoms. The number of urea groups is 1. The van der Waals surface area contributed by atoms with Crippen molar-refractivity contribution in [2.24, 2.45) is 16.6 Å². The van der Waals surface area contributed by atoms with Crippen molar-refractivity contribution in [3.63, 3.8) is 0 Å². The lowest BCUT2D eigenvalue weighted by molar-refractivity contribution is 0.249. The van der Waals surface area contributed by atoms with Crippen molar-refractivity contribution in [3.8, 4) is 0 Å². The molecule has 0 saturated carbocycles. The number of benzene rings is 1. The maximum absolute atomic E-state index is 13.1. The Hall–Kier alpha value is -2.35. The molecule has 0 bridgehead atoms. The number of carbonyl (C=O) groups is 1. The molecule has 19 heavy (non-hydrogen) atoms. The minimum absolute atomic E-state index is 0.161. The van der Waals surface area contributed by atoms with Gasteiger partial charge in [-0.05, 0) is 17.7 Å². The number of amidine groups is 1. The molecular weight excluding hydrogens is 253 g/mol. The Labute approximate surface area is 109 Å². The van der Waals surface area contributed by atoms with E-state index in [9.17, 15) is 9.18 Å². The van der Waals surface area contributed by atoms with E-state index in [0.717, 1.165) is 0 Å². The van der Waals surface area contributed by atoms with Gasteiger partial charge in [0.25, 0.3) is 0 Å². The van der Waals surface area contributed by atoms with Crippen LogP contribution < -0.4 is 22.1 Å². The summed E-state index contributed by atoms with van der Waals surface area (Å²) in [6, 6.07) is 3.42. The summed E-state index contributed by atoms with van der Waals surface area (Å²) >= 11 is 0. The number of nitrogens with two attached hydrogens (primary N) is 2. The summed E-state index contributed by atoms with van der Waals surface area (Å²) in [5.41, 5.74) is 11.4. The predicted octanol–water partition coefficient (Wildman–Crippen LogP) is -0.322. The van der Waals surface area contributed by atoms with E-state index in [1.54, 1.807) is 0 Å². The smallest absolute Gasteiger partial charge is 0.312 e. The van der Waals surface area contributed by atoms with Crippen LogP contribution in [-0.2, 0) is 6.54 Å². The number of amides is 2. The van der Waals surface area contributed by atoms with E-state index in [1.807, 2.05) is 0 Å². The molecule has 1 aromatic carbocycles. The van der Waals surface area contributed by atoms with E-state index in [-0.39, 0.29) is 5.84 Å². The Kier molecular flexibility index (Phi) is 5.55. The first-order chi connectivity index (χ1) is 9.04. The van der Waals surface area contributed by atoms with Crippen LogP contribution in [0.4, 0.5) is 9.18 Å². The molecule has 0 unspecified atom stereocenters. The van der Waals surface area contributed by atoms with Crippen LogP contribution in [0.3, 0.4) is 0 Å². The van der Waals surface area contributed by atoms with Gasteiger partial charge in [0.2, 0.25) is 0 Å². The van der Waals surface area contributed by atoms with Crippen molar-refractivity contribution >= 4 is 11.9 Å². The molecule has 0 heterocycles. The zero-order valence-electron chi connectivity index (χ0n) is 10.2. The molecule has 0 aliphatic rings. The summed E-state index contributed by atoms with van der Waals surface area (Å²) in [7, 11) is 0. The van der Waals surface area contributed by atoms with Crippen LogP contribution in [-0.4, -0.2) is 30.2 Å². The third kappa shape index (κ3) is 4.80. The molecule has 0 aliphatic heterocycles. The summed E-state index contributed by atoms with van der Waals surface area (Å²) in [5, 5.41) is 16.9. The highest BCUT2D eigenvalue weighted by molar-refractivity contribution is 5.98. The first-order valence-corrected chi connectivity index (χ1v) is 5.55. The van der Waals surface area contributed by atoms with E-state index < -0.39 is 11.8 Å². The lowest BCUT2D eigenvalue weighted by Gasteiger charge is -2.10. The molecule has 0 radical (unpaired) electrons. The van der Waals surface area contributed by atoms with E-state index in [1.165, 1.54) is 18.2 Å². The van der Waals surface area contributed by atoms with Gasteiger partial charge in [0.05, 0.1) is 0 Å². The highest BCUT2D eigenvalue weighted by Crippen LogP contribution is 2.11. The van der Waals surface area contributed by atoms with Gasteiger partial charge in [-0.1, -0.05) is 11.2 Å². The summed E-state index contributed by atoms with van der Waals surface area (Å²) < 4.78 is 13.1. The van der Waals surface area contributed by atoms with Gasteiger partial charge in [-0.15, -0.1) is 0 Å². The minimum Gasteiger partial charge on any atom is -0.409 e. The molecule has 0 aliphatic carbocycles. The fourth-order valence-corrected chi connectivity index (χ4v) is 1.49. The van der Waals surface area contributed by atoms with Gasteiger partial charge in [-0.3, -0.25) is 0 Å². The molecule has 104 valence electrons. The first kappa shape index (κ1) is 14.7. The van der Waals surface area contributed by atoms with Crippen LogP contribution >= 0.6 is 0 Å². The monoisotopic (exact) mass is 269 g/mol. The number of primary amides is 1. The summed E-state index contributed by atoms with van der Waals surface area (Å²) in [5.74, 6) is -0.632. The molecule has 1 rings (SSSR count). The maximum Gasteiger partial charge on any atom is 0.312 e. The molecule has 0 fully saturated rings. The van der Waals surface area contributed by atoms with E-state index in [0.29, 0.717) is 30.8 Å². The molecule has 0 aromatic heterocycles. The second kappa shape index (κ2) is 7.17. The SMILES string of the molecule is NC(=O)NCCNCc1ccc(F)cc1/C(N)=N/O. The van der Waals surface area contributed by atoms with Gasteiger partial charge >= 0.3 is 6.03 Å². The van der Waals surface area contributed by atoms with Crippen molar-refractivity contribution < 1.29 is 14.4 Å². The molecule has 7 N–H and O–H groups in total. The van der Waals surface area contributed by atoms with Gasteiger partial charge < -0.3 is 27.3 Å². The first-order valence-electron chi connectivity index (χ1n) is 5.55. The Bertz CT molecular complexity index is 478. The van der Waals surface area contributed by atoms with Gasteiger partial charge in [0.1, 0.15) is 5.82 Å². The van der Waals surface area contributed by atoms with Crippen molar-refractivity contribution in [3.05, 3.63) is 35.1 Å². The van der Waals surface area contributed by atoms with Gasteiger partial charge in [0, 0.05) is 25.2 Å². The normalized spacial score (nSPS) is 11.3. The fourth-order valence-electron chi connectivity index (χ4n) is 1.49. The lowest BCUT2D eigenvalue weighted by Crippen LogP contribution is -2.35. The molecule has 1 aromatic rings. The highest BCUT2D eigenvalue weighted by atomic mass is 19.1. The molecular formula is C11H16FN5O2. The Balaban J connectivity index is 2.60. The number of hydrogen-bond donors (Lipinski definition) is 5. The van der Waals surface area contributed by atoms with Crippen molar-refractivity contribution in [2.45, 2.75) is 6.54 Å². The largest absolute Gasteiger partial charge is 0.409 e. The number of oxime groups is 1. The average molecular weight is 269 g/mol. The molecule has 7 nitrogen and oxygen atoms in total. The van der Waals surface area contributed by atoms with Crippen molar-refractivity contribution in [1.29, 1.82) is 0 Å². The van der Waals surface area contributed by atoms with Crippen LogP contribution in [0.2, 0.25) is 0 Å². The molecule has 0 atom stereocenters. The standard InChI is InChI=1S/C11H16FN5O2/c12-8-2-1-7(9(5-8)10(13)17-19)6-15-3-4-16-11(14)18/h1-2,5,15,19H,3-4,6H2,(H2,13,17)(H3,14,16,18). The van der Waals surface area contributed by atoms with Gasteiger partial charge in [-0.2, -0.15) is 0 Å². The third-order valence-corrected chi connectivity index (χ3v) is 2.37. The molecule has 0 saturated heterocycles. The molecule has 2 amide bonds. The van der Waals surface area contributed by atoms with Gasteiger partial charge in [-0.25, -0.2) is 9.18 Å². The zero-order valence-corrected chi connectivity index (χ0v) is 10.2. The summed E-state index contributed by atoms with van der Waals surface area (Å²) in [4.78, 5) is 10.4. The van der Waals surface area contributed by atoms with Crippen LogP contribution in [0.5, 0.6) is 0 Å². The van der Waals surface area contributed by atoms with Crippen molar-refractivity contribution in [1.82, 2.24) is 10.6 Å². The average Bonchev–Trinajstić information content (AvgIpc) is 2.38. The highest BCUT2D eigenvalue weighted by Gasteiger charge is 2.08. The topological polar surface area (TPSA) is 126 Å². The number of halogens is 1. The van der Waals surface area contributed by atoms with E-state index in [2.05, 4.69) is 15.8 Å². The molecule has 8 heteroatoms. The Morgan fingerprint density at radius 2 is 2.11 bits per heavy atom. The van der Waals surface area contributed by atoms with Crippen molar-refractivity contribution in [2.75, 3.05) is 13.1 Å². The van der Waals surface area contributed by atoms with Crippen LogP contribution in [0.1, 0.15) is 11.1 Å². The number of carbonyl (C=O) groups excluding carboxylic acids is 1. The fraction of sp³-hybridized carbons (Fsp3) is 0.273. The number of nitrogens with one attached hydrogen (secondary N) is 2. The van der Waals surface area contributed by atoms with Crippen LogP contribution in [0, 0.1) is 5.82 Å². The number of nitrogens with zero attached hydrogens (tertiary/aromatic N) is 1. The van der Waals surface area contributed by atoms with Gasteiger partial charge in [0.15, 0.2) is 5.84 Å². The Morgan fingerprint density at radius 1 is 1.37 bits per heavy atom. The second-order valence-corrected chi connectivity index (χ2v) is 3.75. The number of rotatable bonds is 6. The van der Waals surface area contributed by atoms with E-state index >= 15 is 0 Å². The zero-order chi connectivity index (χ0) is 14.3. The lowest BCUT2D eigenvalue weighted by atomic mass is 10.1. The quantitative estimate of drug-likeness (QED) is 0.159. The Morgan fingerprint density at radius 3 is 2.74 bits per heavy atom. The minimum atomic E-state index is -0.596. The second-order valence-electron chi connectivity index (χ2n) is 3.75. The predicted molar refractivity (Wildman–Crippen MR) is 68.2 cm³/mol. The summed E-state index contributed by atoms with van der Waals surface area (Å²) in [6.07, 6.45) is 0. The van der Waals surface area contributed by atoms with E-state index in [4.69, 9.17) is 16.7 Å². The summed E-state index contributed by atoms with van der Waals surface area (Å²) in [6.45, 7) is 1.23. The third-order valence-electron chi connectivity index (χ3n) is 2.37. The van der Waals surface area contributed by atoms with Crippen LogP contribution in [0.25, 0.3) is 0 Å². The maximum atomic E-state index is 13.1.